The molecule has 66 valence electrons. The maximum atomic E-state index is 12.1. The van der Waals surface area contributed by atoms with E-state index in [2.05, 4.69) is 0 Å². The lowest BCUT2D eigenvalue weighted by molar-refractivity contribution is 0.0776. The van der Waals surface area contributed by atoms with E-state index in [1.165, 1.54) is 0 Å². The van der Waals surface area contributed by atoms with Crippen LogP contribution in [0.15, 0.2) is 0 Å². The second kappa shape index (κ2) is 3.48. The molecule has 1 saturated carbocycles. The number of alkyl halides is 2. The van der Waals surface area contributed by atoms with Crippen LogP contribution in [0, 0.1) is 5.41 Å². The fourth-order valence-corrected chi connectivity index (χ4v) is 1.94. The van der Waals surface area contributed by atoms with Gasteiger partial charge in [-0.1, -0.05) is 12.8 Å². The molecule has 1 aliphatic rings. The Bertz CT molecular complexity index is 119. The summed E-state index contributed by atoms with van der Waals surface area (Å²) in [5.41, 5.74) is 5.27. The van der Waals surface area contributed by atoms with E-state index >= 15 is 0 Å². The summed E-state index contributed by atoms with van der Waals surface area (Å²) in [4.78, 5) is 0. The van der Waals surface area contributed by atoms with Crippen molar-refractivity contribution in [3.63, 3.8) is 0 Å². The van der Waals surface area contributed by atoms with Gasteiger partial charge in [-0.05, 0) is 24.8 Å². The van der Waals surface area contributed by atoms with Crippen molar-refractivity contribution in [2.24, 2.45) is 11.1 Å². The number of nitrogens with two attached hydrogens (primary N) is 1. The molecular formula is C8H15F2N. The molecule has 0 aromatic heterocycles. The van der Waals surface area contributed by atoms with Gasteiger partial charge in [0, 0.05) is 6.42 Å². The Hall–Kier alpha value is -0.180. The summed E-state index contributed by atoms with van der Waals surface area (Å²) < 4.78 is 24.1. The topological polar surface area (TPSA) is 26.0 Å². The second-order valence-electron chi connectivity index (χ2n) is 3.51. The molecule has 1 aliphatic carbocycles. The van der Waals surface area contributed by atoms with Gasteiger partial charge in [0.15, 0.2) is 0 Å². The zero-order valence-electron chi connectivity index (χ0n) is 6.65. The lowest BCUT2D eigenvalue weighted by Crippen LogP contribution is -2.29. The summed E-state index contributed by atoms with van der Waals surface area (Å²) in [6, 6.07) is 0. The van der Waals surface area contributed by atoms with E-state index in [-0.39, 0.29) is 11.8 Å². The van der Waals surface area contributed by atoms with E-state index in [1.54, 1.807) is 0 Å². The van der Waals surface area contributed by atoms with Gasteiger partial charge in [-0.15, -0.1) is 0 Å². The molecule has 3 heteroatoms. The Morgan fingerprint density at radius 2 is 1.82 bits per heavy atom. The van der Waals surface area contributed by atoms with Crippen molar-refractivity contribution in [3.05, 3.63) is 0 Å². The second-order valence-corrected chi connectivity index (χ2v) is 3.51. The monoisotopic (exact) mass is 163 g/mol. The molecule has 2 N–H and O–H groups in total. The van der Waals surface area contributed by atoms with Gasteiger partial charge in [-0.2, -0.15) is 0 Å². The lowest BCUT2D eigenvalue weighted by atomic mass is 9.83. The Balaban J connectivity index is 2.45. The average molecular weight is 163 g/mol. The van der Waals surface area contributed by atoms with Crippen molar-refractivity contribution < 1.29 is 8.78 Å². The Labute approximate surface area is 66.0 Å². The first-order chi connectivity index (χ1) is 5.18. The predicted molar refractivity (Wildman–Crippen MR) is 40.6 cm³/mol. The van der Waals surface area contributed by atoms with Crippen molar-refractivity contribution in [1.82, 2.24) is 0 Å². The molecule has 0 aliphatic heterocycles. The van der Waals surface area contributed by atoms with Crippen LogP contribution in [-0.2, 0) is 0 Å². The van der Waals surface area contributed by atoms with Crippen LogP contribution >= 0.6 is 0 Å². The van der Waals surface area contributed by atoms with Crippen LogP contribution in [0.5, 0.6) is 0 Å². The van der Waals surface area contributed by atoms with Crippen LogP contribution in [0.1, 0.15) is 32.1 Å². The van der Waals surface area contributed by atoms with Crippen molar-refractivity contribution >= 4 is 0 Å². The van der Waals surface area contributed by atoms with Gasteiger partial charge in [-0.3, -0.25) is 0 Å². The SMILES string of the molecule is NCC1(CC(F)F)CCCC1. The molecule has 0 unspecified atom stereocenters. The van der Waals surface area contributed by atoms with E-state index in [9.17, 15) is 8.78 Å². The first kappa shape index (κ1) is 8.91. The minimum absolute atomic E-state index is 0.00347. The highest BCUT2D eigenvalue weighted by atomic mass is 19.3. The largest absolute Gasteiger partial charge is 0.330 e. The van der Waals surface area contributed by atoms with Crippen molar-refractivity contribution in [2.75, 3.05) is 6.54 Å². The fraction of sp³-hybridized carbons (Fsp3) is 1.00. The van der Waals surface area contributed by atoms with Crippen molar-refractivity contribution in [3.8, 4) is 0 Å². The van der Waals surface area contributed by atoms with E-state index < -0.39 is 6.43 Å². The maximum Gasteiger partial charge on any atom is 0.239 e. The summed E-state index contributed by atoms with van der Waals surface area (Å²) in [6.07, 6.45) is 1.76. The normalized spacial score (nSPS) is 22.9. The molecule has 1 rings (SSSR count). The zero-order chi connectivity index (χ0) is 8.32. The molecule has 0 aromatic rings. The maximum absolute atomic E-state index is 12.1. The molecule has 0 bridgehead atoms. The number of hydrogen-bond acceptors (Lipinski definition) is 1. The standard InChI is InChI=1S/C8H15F2N/c9-7(10)5-8(6-11)3-1-2-4-8/h7H,1-6,11H2. The third-order valence-electron chi connectivity index (χ3n) is 2.68. The predicted octanol–water partition coefficient (Wildman–Crippen LogP) is 2.16. The Morgan fingerprint density at radius 3 is 2.18 bits per heavy atom. The van der Waals surface area contributed by atoms with Gasteiger partial charge in [0.05, 0.1) is 0 Å². The summed E-state index contributed by atoms with van der Waals surface area (Å²) in [5.74, 6) is 0. The fourth-order valence-electron chi connectivity index (χ4n) is 1.94. The van der Waals surface area contributed by atoms with Crippen molar-refractivity contribution in [1.29, 1.82) is 0 Å². The Morgan fingerprint density at radius 1 is 1.27 bits per heavy atom. The minimum atomic E-state index is -2.18. The molecule has 0 aromatic carbocycles. The van der Waals surface area contributed by atoms with Crippen LogP contribution < -0.4 is 5.73 Å². The highest BCUT2D eigenvalue weighted by Crippen LogP contribution is 2.41. The van der Waals surface area contributed by atoms with E-state index in [1.807, 2.05) is 0 Å². The van der Waals surface area contributed by atoms with Crippen LogP contribution in [-0.4, -0.2) is 13.0 Å². The first-order valence-electron chi connectivity index (χ1n) is 4.17. The highest BCUT2D eigenvalue weighted by Gasteiger charge is 2.34. The van der Waals surface area contributed by atoms with Crippen LogP contribution in [0.2, 0.25) is 0 Å². The van der Waals surface area contributed by atoms with Crippen LogP contribution in [0.25, 0.3) is 0 Å². The van der Waals surface area contributed by atoms with Gasteiger partial charge in [0.25, 0.3) is 0 Å². The molecule has 11 heavy (non-hydrogen) atoms. The molecule has 0 radical (unpaired) electrons. The van der Waals surface area contributed by atoms with Crippen LogP contribution in [0.4, 0.5) is 8.78 Å². The number of rotatable bonds is 3. The van der Waals surface area contributed by atoms with E-state index in [0.717, 1.165) is 25.7 Å². The van der Waals surface area contributed by atoms with Gasteiger partial charge >= 0.3 is 0 Å². The van der Waals surface area contributed by atoms with Gasteiger partial charge in [0.1, 0.15) is 0 Å². The van der Waals surface area contributed by atoms with Gasteiger partial charge in [0.2, 0.25) is 6.43 Å². The smallest absolute Gasteiger partial charge is 0.239 e. The quantitative estimate of drug-likeness (QED) is 0.677. The third kappa shape index (κ3) is 2.12. The molecule has 0 amide bonds. The Kier molecular flexibility index (Phi) is 2.82. The molecule has 0 atom stereocenters. The van der Waals surface area contributed by atoms with E-state index in [0.29, 0.717) is 6.54 Å². The number of hydrogen-bond donors (Lipinski definition) is 1. The third-order valence-corrected chi connectivity index (χ3v) is 2.68. The van der Waals surface area contributed by atoms with E-state index in [4.69, 9.17) is 5.73 Å². The molecule has 1 nitrogen and oxygen atoms in total. The molecule has 0 heterocycles. The molecule has 0 spiro atoms. The molecule has 0 saturated heterocycles. The molecule has 1 fully saturated rings. The van der Waals surface area contributed by atoms with Crippen LogP contribution in [0.3, 0.4) is 0 Å². The first-order valence-corrected chi connectivity index (χ1v) is 4.17. The minimum Gasteiger partial charge on any atom is -0.330 e. The summed E-state index contributed by atoms with van der Waals surface area (Å²) in [7, 11) is 0. The zero-order valence-corrected chi connectivity index (χ0v) is 6.65. The summed E-state index contributed by atoms with van der Waals surface area (Å²) >= 11 is 0. The lowest BCUT2D eigenvalue weighted by Gasteiger charge is -2.26. The highest BCUT2D eigenvalue weighted by molar-refractivity contribution is 4.85. The summed E-state index contributed by atoms with van der Waals surface area (Å²) in [5, 5.41) is 0. The van der Waals surface area contributed by atoms with Gasteiger partial charge in [-0.25, -0.2) is 8.78 Å². The summed E-state index contributed by atoms with van der Waals surface area (Å²) in [6.45, 7) is 0.428. The average Bonchev–Trinajstić information content (AvgIpc) is 2.36. The van der Waals surface area contributed by atoms with Crippen molar-refractivity contribution in [2.45, 2.75) is 38.5 Å². The number of halogens is 2. The van der Waals surface area contributed by atoms with Gasteiger partial charge < -0.3 is 5.73 Å². The molecular weight excluding hydrogens is 148 g/mol.